The highest BCUT2D eigenvalue weighted by Crippen LogP contribution is 2.31. The Morgan fingerprint density at radius 2 is 1.97 bits per heavy atom. The molecule has 1 aliphatic heterocycles. The average molecular weight is 446 g/mol. The van der Waals surface area contributed by atoms with E-state index in [4.69, 9.17) is 0 Å². The minimum Gasteiger partial charge on any atom is -0.311 e. The summed E-state index contributed by atoms with van der Waals surface area (Å²) in [5.74, 6) is 0.488. The first-order valence-corrected chi connectivity index (χ1v) is 11.5. The lowest BCUT2D eigenvalue weighted by molar-refractivity contribution is -0.117. The third-order valence-corrected chi connectivity index (χ3v) is 6.83. The number of amides is 1. The van der Waals surface area contributed by atoms with E-state index >= 15 is 0 Å². The van der Waals surface area contributed by atoms with E-state index < -0.39 is 0 Å². The van der Waals surface area contributed by atoms with Crippen molar-refractivity contribution >= 4 is 40.0 Å². The second kappa shape index (κ2) is 8.27. The number of rotatable bonds is 5. The van der Waals surface area contributed by atoms with Gasteiger partial charge in [0.05, 0.1) is 16.2 Å². The number of aromatic nitrogens is 4. The molecule has 1 aliphatic rings. The lowest BCUT2D eigenvalue weighted by Crippen LogP contribution is -2.40. The molecule has 0 saturated carbocycles. The lowest BCUT2D eigenvalue weighted by Gasteiger charge is -2.31. The summed E-state index contributed by atoms with van der Waals surface area (Å²) in [5.41, 5.74) is 2.79. The van der Waals surface area contributed by atoms with Gasteiger partial charge in [0.15, 0.2) is 5.16 Å². The molecule has 1 atom stereocenters. The number of carbonyl (C=O) groups excluding carboxylic acids is 1. The van der Waals surface area contributed by atoms with Gasteiger partial charge in [-0.1, -0.05) is 48.2 Å². The molecule has 0 N–H and O–H groups in total. The largest absolute Gasteiger partial charge is 0.311 e. The van der Waals surface area contributed by atoms with Crippen LogP contribution in [0, 0.1) is 0 Å². The summed E-state index contributed by atoms with van der Waals surface area (Å²) < 4.78 is 3.42. The fourth-order valence-corrected chi connectivity index (χ4v) is 5.21. The Morgan fingerprint density at radius 1 is 1.19 bits per heavy atom. The smallest absolute Gasteiger partial charge is 0.263 e. The summed E-state index contributed by atoms with van der Waals surface area (Å²) >= 11 is 1.36. The highest BCUT2D eigenvalue weighted by Gasteiger charge is 2.28. The Balaban J connectivity index is 1.54. The molecule has 0 saturated heterocycles. The number of benzene rings is 2. The molecule has 0 radical (unpaired) electrons. The average Bonchev–Trinajstić information content (AvgIpc) is 3.24. The normalized spacial score (nSPS) is 14.5. The maximum atomic E-state index is 13.4. The van der Waals surface area contributed by atoms with E-state index in [0.717, 1.165) is 24.0 Å². The topological polar surface area (TPSA) is 72.5 Å². The van der Waals surface area contributed by atoms with Gasteiger partial charge in [-0.05, 0) is 43.5 Å². The maximum absolute atomic E-state index is 13.4. The second-order valence-electron chi connectivity index (χ2n) is 7.82. The van der Waals surface area contributed by atoms with Crippen LogP contribution in [0.15, 0.2) is 71.1 Å². The first-order chi connectivity index (χ1) is 15.6. The zero-order valence-corrected chi connectivity index (χ0v) is 18.6. The SMILES string of the molecule is C=CCn1c(=O)c2ccccc2n2c(SC(C)C(=O)N3CCCc4ccccc43)nnc12. The van der Waals surface area contributed by atoms with E-state index in [-0.39, 0.29) is 16.7 Å². The number of anilines is 1. The molecule has 0 aliphatic carbocycles. The van der Waals surface area contributed by atoms with Gasteiger partial charge in [-0.15, -0.1) is 16.8 Å². The molecule has 1 unspecified atom stereocenters. The minimum absolute atomic E-state index is 0.0441. The summed E-state index contributed by atoms with van der Waals surface area (Å²) in [4.78, 5) is 28.2. The van der Waals surface area contributed by atoms with Gasteiger partial charge >= 0.3 is 0 Å². The van der Waals surface area contributed by atoms with Gasteiger partial charge < -0.3 is 4.90 Å². The van der Waals surface area contributed by atoms with Gasteiger partial charge in [0.1, 0.15) is 0 Å². The monoisotopic (exact) mass is 445 g/mol. The number of para-hydroxylation sites is 2. The van der Waals surface area contributed by atoms with Crippen LogP contribution in [0.2, 0.25) is 0 Å². The van der Waals surface area contributed by atoms with Crippen LogP contribution in [0.25, 0.3) is 16.7 Å². The molecule has 0 bridgehead atoms. The molecule has 7 nitrogen and oxygen atoms in total. The molecule has 162 valence electrons. The fraction of sp³-hybridized carbons (Fsp3) is 0.250. The standard InChI is InChI=1S/C24H23N5O2S/c1-3-14-28-22(31)18-11-5-7-13-20(18)29-23(28)25-26-24(29)32-16(2)21(30)27-15-8-10-17-9-4-6-12-19(17)27/h3-7,9,11-13,16H,1,8,10,14-15H2,2H3. The quantitative estimate of drug-likeness (QED) is 0.346. The number of allylic oxidation sites excluding steroid dienone is 1. The van der Waals surface area contributed by atoms with Crippen LogP contribution in [0.1, 0.15) is 18.9 Å². The third-order valence-electron chi connectivity index (χ3n) is 5.80. The highest BCUT2D eigenvalue weighted by molar-refractivity contribution is 8.00. The van der Waals surface area contributed by atoms with E-state index in [2.05, 4.69) is 22.8 Å². The number of hydrogen-bond donors (Lipinski definition) is 0. The number of hydrogen-bond acceptors (Lipinski definition) is 5. The van der Waals surface area contributed by atoms with Gasteiger partial charge in [0, 0.05) is 18.8 Å². The molecule has 0 spiro atoms. The van der Waals surface area contributed by atoms with Crippen LogP contribution in [-0.2, 0) is 17.8 Å². The Morgan fingerprint density at radius 3 is 2.81 bits per heavy atom. The minimum atomic E-state index is -0.368. The van der Waals surface area contributed by atoms with Crippen molar-refractivity contribution in [3.8, 4) is 0 Å². The van der Waals surface area contributed by atoms with E-state index in [9.17, 15) is 9.59 Å². The van der Waals surface area contributed by atoms with E-state index in [1.807, 2.05) is 52.6 Å². The van der Waals surface area contributed by atoms with Gasteiger partial charge in [0.2, 0.25) is 11.7 Å². The van der Waals surface area contributed by atoms with Crippen LogP contribution in [-0.4, -0.2) is 36.9 Å². The summed E-state index contributed by atoms with van der Waals surface area (Å²) in [5, 5.41) is 9.44. The summed E-state index contributed by atoms with van der Waals surface area (Å²) in [6.45, 7) is 6.70. The first kappa shape index (κ1) is 20.5. The Bertz CT molecular complexity index is 1410. The van der Waals surface area contributed by atoms with Crippen molar-refractivity contribution in [2.24, 2.45) is 0 Å². The zero-order valence-electron chi connectivity index (χ0n) is 17.8. The zero-order chi connectivity index (χ0) is 22.2. The molecule has 2 aromatic heterocycles. The number of carbonyl (C=O) groups is 1. The van der Waals surface area contributed by atoms with Crippen LogP contribution >= 0.6 is 11.8 Å². The van der Waals surface area contributed by atoms with E-state index in [1.165, 1.54) is 17.3 Å². The van der Waals surface area contributed by atoms with Crippen LogP contribution in [0.4, 0.5) is 5.69 Å². The number of fused-ring (bicyclic) bond motifs is 4. The molecular formula is C24H23N5O2S. The van der Waals surface area contributed by atoms with Crippen molar-refractivity contribution in [1.82, 2.24) is 19.2 Å². The highest BCUT2D eigenvalue weighted by atomic mass is 32.2. The molecular weight excluding hydrogens is 422 g/mol. The Labute approximate surface area is 189 Å². The van der Waals surface area contributed by atoms with Crippen LogP contribution in [0.3, 0.4) is 0 Å². The third kappa shape index (κ3) is 3.31. The van der Waals surface area contributed by atoms with Crippen molar-refractivity contribution in [2.75, 3.05) is 11.4 Å². The lowest BCUT2D eigenvalue weighted by atomic mass is 10.0. The van der Waals surface area contributed by atoms with Gasteiger partial charge in [-0.25, -0.2) is 0 Å². The Kier molecular flexibility index (Phi) is 5.30. The number of thioether (sulfide) groups is 1. The van der Waals surface area contributed by atoms with Crippen molar-refractivity contribution in [3.05, 3.63) is 77.1 Å². The number of nitrogens with zero attached hydrogens (tertiary/aromatic N) is 5. The van der Waals surface area contributed by atoms with Crippen molar-refractivity contribution < 1.29 is 4.79 Å². The van der Waals surface area contributed by atoms with E-state index in [1.54, 1.807) is 16.7 Å². The molecule has 0 fully saturated rings. The first-order valence-electron chi connectivity index (χ1n) is 10.6. The summed E-state index contributed by atoms with van der Waals surface area (Å²) in [7, 11) is 0. The van der Waals surface area contributed by atoms with Gasteiger partial charge in [-0.2, -0.15) is 0 Å². The molecule has 5 rings (SSSR count). The number of aryl methyl sites for hydroxylation is 1. The Hall–Kier alpha value is -3.39. The van der Waals surface area contributed by atoms with E-state index in [0.29, 0.717) is 29.4 Å². The molecule has 2 aromatic carbocycles. The fourth-order valence-electron chi connectivity index (χ4n) is 4.29. The maximum Gasteiger partial charge on any atom is 0.263 e. The molecule has 4 aromatic rings. The molecule has 1 amide bonds. The van der Waals surface area contributed by atoms with Crippen molar-refractivity contribution in [3.63, 3.8) is 0 Å². The molecule has 32 heavy (non-hydrogen) atoms. The molecule has 3 heterocycles. The van der Waals surface area contributed by atoms with Gasteiger partial charge in [-0.3, -0.25) is 18.6 Å². The summed E-state index contributed by atoms with van der Waals surface area (Å²) in [6.07, 6.45) is 3.60. The van der Waals surface area contributed by atoms with Crippen molar-refractivity contribution in [2.45, 2.75) is 36.7 Å². The summed E-state index contributed by atoms with van der Waals surface area (Å²) in [6, 6.07) is 15.5. The van der Waals surface area contributed by atoms with Crippen LogP contribution < -0.4 is 10.5 Å². The second-order valence-corrected chi connectivity index (χ2v) is 9.13. The predicted molar refractivity (Wildman–Crippen MR) is 127 cm³/mol. The van der Waals surface area contributed by atoms with Gasteiger partial charge in [0.25, 0.3) is 5.56 Å². The molecule has 8 heteroatoms. The van der Waals surface area contributed by atoms with Crippen molar-refractivity contribution in [1.29, 1.82) is 0 Å². The predicted octanol–water partition coefficient (Wildman–Crippen LogP) is 3.69. The van der Waals surface area contributed by atoms with Crippen LogP contribution in [0.5, 0.6) is 0 Å².